The van der Waals surface area contributed by atoms with Crippen LogP contribution in [0.4, 0.5) is 0 Å². The van der Waals surface area contributed by atoms with E-state index in [0.717, 1.165) is 0 Å². The summed E-state index contributed by atoms with van der Waals surface area (Å²) in [5.74, 6) is 1.66. The van der Waals surface area contributed by atoms with Crippen LogP contribution in [0.5, 0.6) is 17.2 Å². The summed E-state index contributed by atoms with van der Waals surface area (Å²) in [6.07, 6.45) is 1.75. The Bertz CT molecular complexity index is 630. The smallest absolute Gasteiger partial charge is 0.266 e. The standard InChI is InChI=1S/C15H18N2O4S/c1-16-15-17(2)14(18)13(22-15)8-10-11(20-4)6-9(19-3)7-12(10)21-5/h6-8H,1-5H3/b13-8+,16-15?. The van der Waals surface area contributed by atoms with Crippen LogP contribution in [-0.2, 0) is 4.79 Å². The molecule has 1 aromatic rings. The highest BCUT2D eigenvalue weighted by Crippen LogP contribution is 2.39. The number of carbonyl (C=O) groups is 1. The number of likely N-dealkylation sites (N-methyl/N-ethyl adjacent to an activating group) is 1. The number of hydrogen-bond donors (Lipinski definition) is 0. The highest BCUT2D eigenvalue weighted by atomic mass is 32.2. The van der Waals surface area contributed by atoms with Gasteiger partial charge in [0, 0.05) is 26.2 Å². The molecule has 1 aromatic carbocycles. The van der Waals surface area contributed by atoms with Crippen molar-refractivity contribution in [2.45, 2.75) is 0 Å². The number of amides is 1. The summed E-state index contributed by atoms with van der Waals surface area (Å²) in [5.41, 5.74) is 0.687. The lowest BCUT2D eigenvalue weighted by atomic mass is 10.1. The van der Waals surface area contributed by atoms with E-state index in [-0.39, 0.29) is 5.91 Å². The topological polar surface area (TPSA) is 60.4 Å². The fraction of sp³-hybridized carbons (Fsp3) is 0.333. The first-order valence-electron chi connectivity index (χ1n) is 6.50. The summed E-state index contributed by atoms with van der Waals surface area (Å²) in [4.78, 5) is 18.4. The predicted molar refractivity (Wildman–Crippen MR) is 87.8 cm³/mol. The lowest BCUT2D eigenvalue weighted by Crippen LogP contribution is -2.23. The molecule has 1 saturated heterocycles. The van der Waals surface area contributed by atoms with Gasteiger partial charge in [-0.25, -0.2) is 0 Å². The Labute approximate surface area is 133 Å². The van der Waals surface area contributed by atoms with Crippen molar-refractivity contribution in [2.75, 3.05) is 35.4 Å². The molecule has 0 bridgehead atoms. The Morgan fingerprint density at radius 3 is 2.14 bits per heavy atom. The molecule has 1 aliphatic rings. The van der Waals surface area contributed by atoms with Crippen LogP contribution in [0.1, 0.15) is 5.56 Å². The van der Waals surface area contributed by atoms with E-state index in [9.17, 15) is 4.79 Å². The SMILES string of the molecule is CN=C1S/C(=C/c2c(OC)cc(OC)cc2OC)C(=O)N1C. The molecule has 0 aliphatic carbocycles. The summed E-state index contributed by atoms with van der Waals surface area (Å²) in [5, 5.41) is 0.655. The third-order valence-electron chi connectivity index (χ3n) is 3.22. The van der Waals surface area contributed by atoms with Gasteiger partial charge in [-0.15, -0.1) is 0 Å². The van der Waals surface area contributed by atoms with Crippen LogP contribution >= 0.6 is 11.8 Å². The molecule has 118 valence electrons. The molecule has 22 heavy (non-hydrogen) atoms. The summed E-state index contributed by atoms with van der Waals surface area (Å²) < 4.78 is 16.0. The molecule has 1 aliphatic heterocycles. The van der Waals surface area contributed by atoms with Gasteiger partial charge in [0.2, 0.25) is 0 Å². The first kappa shape index (κ1) is 16.2. The first-order chi connectivity index (χ1) is 10.5. The monoisotopic (exact) mass is 322 g/mol. The molecule has 0 N–H and O–H groups in total. The van der Waals surface area contributed by atoms with Crippen LogP contribution in [0.25, 0.3) is 6.08 Å². The van der Waals surface area contributed by atoms with E-state index in [1.165, 1.54) is 16.7 Å². The van der Waals surface area contributed by atoms with Crippen LogP contribution in [0.3, 0.4) is 0 Å². The van der Waals surface area contributed by atoms with Crippen molar-refractivity contribution < 1.29 is 19.0 Å². The molecule has 7 heteroatoms. The Morgan fingerprint density at radius 2 is 1.73 bits per heavy atom. The van der Waals surface area contributed by atoms with Crippen LogP contribution in [-0.4, -0.2) is 51.4 Å². The summed E-state index contributed by atoms with van der Waals surface area (Å²) in [6.45, 7) is 0. The number of hydrogen-bond acceptors (Lipinski definition) is 6. The van der Waals surface area contributed by atoms with Crippen LogP contribution < -0.4 is 14.2 Å². The van der Waals surface area contributed by atoms with Crippen molar-refractivity contribution in [1.29, 1.82) is 0 Å². The van der Waals surface area contributed by atoms with Crippen LogP contribution in [0, 0.1) is 0 Å². The average molecular weight is 322 g/mol. The second-order valence-corrected chi connectivity index (χ2v) is 5.44. The fourth-order valence-corrected chi connectivity index (χ4v) is 2.96. The number of ether oxygens (including phenoxy) is 3. The van der Waals surface area contributed by atoms with Crippen molar-refractivity contribution >= 4 is 28.9 Å². The lowest BCUT2D eigenvalue weighted by molar-refractivity contribution is -0.121. The zero-order chi connectivity index (χ0) is 16.3. The highest BCUT2D eigenvalue weighted by molar-refractivity contribution is 8.18. The molecule has 1 amide bonds. The van der Waals surface area contributed by atoms with E-state index in [1.807, 2.05) is 0 Å². The molecule has 0 unspecified atom stereocenters. The third kappa shape index (κ3) is 2.89. The van der Waals surface area contributed by atoms with Gasteiger partial charge >= 0.3 is 0 Å². The minimum atomic E-state index is -0.106. The number of methoxy groups -OCH3 is 3. The molecule has 0 spiro atoms. The summed E-state index contributed by atoms with van der Waals surface area (Å²) in [7, 11) is 8.04. The van der Waals surface area contributed by atoms with Crippen molar-refractivity contribution in [3.05, 3.63) is 22.6 Å². The van der Waals surface area contributed by atoms with Gasteiger partial charge in [0.15, 0.2) is 5.17 Å². The first-order valence-corrected chi connectivity index (χ1v) is 7.31. The molecule has 0 aromatic heterocycles. The van der Waals surface area contributed by atoms with Crippen molar-refractivity contribution in [3.8, 4) is 17.2 Å². The van der Waals surface area contributed by atoms with E-state index in [4.69, 9.17) is 14.2 Å². The molecule has 1 heterocycles. The minimum Gasteiger partial charge on any atom is -0.496 e. The second-order valence-electron chi connectivity index (χ2n) is 4.43. The van der Waals surface area contributed by atoms with Crippen molar-refractivity contribution in [3.63, 3.8) is 0 Å². The number of nitrogens with zero attached hydrogens (tertiary/aromatic N) is 2. The van der Waals surface area contributed by atoms with Crippen LogP contribution in [0.2, 0.25) is 0 Å². The Hall–Kier alpha value is -2.15. The normalized spacial score (nSPS) is 18.2. The van der Waals surface area contributed by atoms with E-state index in [1.54, 1.807) is 53.6 Å². The Kier molecular flexibility index (Phi) is 4.97. The predicted octanol–water partition coefficient (Wildman–Crippen LogP) is 2.24. The molecule has 1 fully saturated rings. The Morgan fingerprint density at radius 1 is 1.14 bits per heavy atom. The van der Waals surface area contributed by atoms with E-state index < -0.39 is 0 Å². The zero-order valence-corrected chi connectivity index (χ0v) is 14.0. The zero-order valence-electron chi connectivity index (χ0n) is 13.2. The molecule has 0 saturated carbocycles. The van der Waals surface area contributed by atoms with Crippen molar-refractivity contribution in [2.24, 2.45) is 4.99 Å². The van der Waals surface area contributed by atoms with Gasteiger partial charge in [0.05, 0.1) is 31.8 Å². The second kappa shape index (κ2) is 6.74. The molecule has 6 nitrogen and oxygen atoms in total. The van der Waals surface area contributed by atoms with Gasteiger partial charge in [-0.1, -0.05) is 0 Å². The average Bonchev–Trinajstić information content (AvgIpc) is 2.82. The summed E-state index contributed by atoms with van der Waals surface area (Å²) in [6, 6.07) is 3.50. The maximum Gasteiger partial charge on any atom is 0.266 e. The number of benzene rings is 1. The highest BCUT2D eigenvalue weighted by Gasteiger charge is 2.30. The van der Waals surface area contributed by atoms with Gasteiger partial charge in [-0.2, -0.15) is 0 Å². The number of carbonyl (C=O) groups excluding carboxylic acids is 1. The Balaban J connectivity index is 2.53. The number of aliphatic imine (C=N–C) groups is 1. The van der Waals surface area contributed by atoms with Crippen molar-refractivity contribution in [1.82, 2.24) is 4.90 Å². The van der Waals surface area contributed by atoms with E-state index >= 15 is 0 Å². The van der Waals surface area contributed by atoms with Gasteiger partial charge in [-0.05, 0) is 17.8 Å². The molecule has 2 rings (SSSR count). The van der Waals surface area contributed by atoms with Gasteiger partial charge in [-0.3, -0.25) is 14.7 Å². The largest absolute Gasteiger partial charge is 0.496 e. The minimum absolute atomic E-state index is 0.106. The van der Waals surface area contributed by atoms with Gasteiger partial charge < -0.3 is 14.2 Å². The van der Waals surface area contributed by atoms with E-state index in [2.05, 4.69) is 4.99 Å². The third-order valence-corrected chi connectivity index (χ3v) is 4.37. The number of rotatable bonds is 4. The lowest BCUT2D eigenvalue weighted by Gasteiger charge is -2.13. The van der Waals surface area contributed by atoms with Gasteiger partial charge in [0.1, 0.15) is 17.2 Å². The van der Waals surface area contributed by atoms with Gasteiger partial charge in [0.25, 0.3) is 5.91 Å². The number of thioether (sulfide) groups is 1. The fourth-order valence-electron chi connectivity index (χ4n) is 2.06. The quantitative estimate of drug-likeness (QED) is 0.796. The maximum atomic E-state index is 12.3. The molecular weight excluding hydrogens is 304 g/mol. The maximum absolute atomic E-state index is 12.3. The van der Waals surface area contributed by atoms with Crippen LogP contribution in [0.15, 0.2) is 22.0 Å². The molecule has 0 radical (unpaired) electrons. The summed E-state index contributed by atoms with van der Waals surface area (Å²) >= 11 is 1.32. The molecular formula is C15H18N2O4S. The van der Waals surface area contributed by atoms with E-state index in [0.29, 0.717) is 32.9 Å². The number of amidine groups is 1. The molecule has 0 atom stereocenters.